The molecule has 3 nitrogen and oxygen atoms in total. The van der Waals surface area contributed by atoms with Crippen LogP contribution in [0.15, 0.2) is 71.6 Å². The fraction of sp³-hybridized carbons (Fsp3) is 0.182. The van der Waals surface area contributed by atoms with Crippen molar-refractivity contribution in [2.24, 2.45) is 0 Å². The number of rotatable bonds is 7. The summed E-state index contributed by atoms with van der Waals surface area (Å²) in [7, 11) is -4.07. The van der Waals surface area contributed by atoms with E-state index in [1.165, 1.54) is 18.2 Å². The summed E-state index contributed by atoms with van der Waals surface area (Å²) >= 11 is 12.1. The molecule has 0 amide bonds. The highest BCUT2D eigenvalue weighted by molar-refractivity contribution is 7.89. The minimum absolute atomic E-state index is 0.0118. The summed E-state index contributed by atoms with van der Waals surface area (Å²) in [6.45, 7) is -0.189. The van der Waals surface area contributed by atoms with E-state index in [2.05, 4.69) is 0 Å². The molecular formula is C22H17Cl2F4NO2S. The van der Waals surface area contributed by atoms with E-state index in [9.17, 15) is 26.0 Å². The monoisotopic (exact) mass is 505 g/mol. The minimum atomic E-state index is -4.50. The van der Waals surface area contributed by atoms with Crippen LogP contribution in [0.4, 0.5) is 17.6 Å². The van der Waals surface area contributed by atoms with Crippen LogP contribution >= 0.6 is 23.2 Å². The first-order chi connectivity index (χ1) is 15.0. The van der Waals surface area contributed by atoms with E-state index in [0.717, 1.165) is 40.7 Å². The number of nitrogens with zero attached hydrogens (tertiary/aromatic N) is 1. The maximum Gasteiger partial charge on any atom is 0.416 e. The van der Waals surface area contributed by atoms with Gasteiger partial charge in [0.15, 0.2) is 0 Å². The lowest BCUT2D eigenvalue weighted by molar-refractivity contribution is -0.137. The number of hydrogen-bond donors (Lipinski definition) is 0. The third-order valence-electron chi connectivity index (χ3n) is 4.74. The van der Waals surface area contributed by atoms with Crippen molar-refractivity contribution in [3.63, 3.8) is 0 Å². The first kappa shape index (κ1) is 24.5. The molecule has 0 fully saturated rings. The molecule has 0 aromatic heterocycles. The van der Waals surface area contributed by atoms with E-state index in [1.54, 1.807) is 12.1 Å². The lowest BCUT2D eigenvalue weighted by atomic mass is 10.1. The van der Waals surface area contributed by atoms with Crippen molar-refractivity contribution in [3.8, 4) is 0 Å². The van der Waals surface area contributed by atoms with Crippen LogP contribution in [0, 0.1) is 5.82 Å². The van der Waals surface area contributed by atoms with Gasteiger partial charge in [-0.1, -0.05) is 41.4 Å². The Morgan fingerprint density at radius 3 is 2.06 bits per heavy atom. The van der Waals surface area contributed by atoms with Gasteiger partial charge in [-0.3, -0.25) is 0 Å². The quantitative estimate of drug-likeness (QED) is 0.340. The van der Waals surface area contributed by atoms with Crippen LogP contribution in [-0.2, 0) is 29.2 Å². The highest BCUT2D eigenvalue weighted by Crippen LogP contribution is 2.30. The van der Waals surface area contributed by atoms with Gasteiger partial charge in [0.2, 0.25) is 10.0 Å². The number of benzene rings is 3. The van der Waals surface area contributed by atoms with Crippen LogP contribution < -0.4 is 0 Å². The molecule has 0 N–H and O–H groups in total. The molecule has 32 heavy (non-hydrogen) atoms. The molecule has 0 radical (unpaired) electrons. The van der Waals surface area contributed by atoms with Crippen molar-refractivity contribution in [1.29, 1.82) is 0 Å². The Morgan fingerprint density at radius 2 is 1.50 bits per heavy atom. The zero-order valence-corrected chi connectivity index (χ0v) is 18.7. The second-order valence-corrected chi connectivity index (χ2v) is 9.75. The largest absolute Gasteiger partial charge is 0.416 e. The molecule has 0 atom stereocenters. The second-order valence-electron chi connectivity index (χ2n) is 6.97. The molecule has 0 bridgehead atoms. The fourth-order valence-electron chi connectivity index (χ4n) is 3.01. The van der Waals surface area contributed by atoms with Crippen molar-refractivity contribution in [2.75, 3.05) is 6.54 Å². The van der Waals surface area contributed by atoms with Crippen LogP contribution in [-0.4, -0.2) is 19.3 Å². The first-order valence-electron chi connectivity index (χ1n) is 9.32. The molecule has 0 spiro atoms. The van der Waals surface area contributed by atoms with Crippen molar-refractivity contribution >= 4 is 33.2 Å². The first-order valence-corrected chi connectivity index (χ1v) is 11.5. The summed E-state index contributed by atoms with van der Waals surface area (Å²) in [6.07, 6.45) is -4.26. The Hall–Kier alpha value is -2.13. The SMILES string of the molecule is O=S(=O)(c1ccc(F)cc1)N(CCc1ccc(Cl)cc1Cl)Cc1ccc(C(F)(F)F)cc1. The lowest BCUT2D eigenvalue weighted by Gasteiger charge is -2.23. The molecule has 3 aromatic rings. The van der Waals surface area contributed by atoms with Crippen LogP contribution in [0.5, 0.6) is 0 Å². The fourth-order valence-corrected chi connectivity index (χ4v) is 4.94. The highest BCUT2D eigenvalue weighted by Gasteiger charge is 2.30. The summed E-state index contributed by atoms with van der Waals surface area (Å²) in [5.41, 5.74) is 0.191. The third kappa shape index (κ3) is 6.01. The average molecular weight is 506 g/mol. The van der Waals surface area contributed by atoms with Gasteiger partial charge in [-0.25, -0.2) is 12.8 Å². The van der Waals surface area contributed by atoms with Crippen LogP contribution in [0.1, 0.15) is 16.7 Å². The van der Waals surface area contributed by atoms with Gasteiger partial charge in [0.1, 0.15) is 5.82 Å². The van der Waals surface area contributed by atoms with Crippen LogP contribution in [0.2, 0.25) is 10.0 Å². The molecule has 170 valence electrons. The molecule has 0 aliphatic heterocycles. The van der Waals surface area contributed by atoms with Crippen molar-refractivity contribution in [2.45, 2.75) is 24.0 Å². The van der Waals surface area contributed by atoms with Gasteiger partial charge in [0, 0.05) is 23.1 Å². The zero-order chi connectivity index (χ0) is 23.5. The molecule has 0 aliphatic carbocycles. The number of sulfonamides is 1. The average Bonchev–Trinajstić information content (AvgIpc) is 2.72. The predicted molar refractivity (Wildman–Crippen MR) is 116 cm³/mol. The van der Waals surface area contributed by atoms with E-state index in [1.807, 2.05) is 0 Å². The summed E-state index contributed by atoms with van der Waals surface area (Å²) < 4.78 is 79.3. The summed E-state index contributed by atoms with van der Waals surface area (Å²) in [5.74, 6) is -0.591. The number of halogens is 6. The van der Waals surface area contributed by atoms with E-state index in [4.69, 9.17) is 23.2 Å². The molecule has 0 saturated heterocycles. The third-order valence-corrected chi connectivity index (χ3v) is 7.18. The van der Waals surface area contributed by atoms with E-state index >= 15 is 0 Å². The predicted octanol–water partition coefficient (Wildman–Crippen LogP) is 6.58. The van der Waals surface area contributed by atoms with Crippen LogP contribution in [0.3, 0.4) is 0 Å². The number of alkyl halides is 3. The molecule has 0 unspecified atom stereocenters. The molecule has 3 rings (SSSR count). The highest BCUT2D eigenvalue weighted by atomic mass is 35.5. The normalized spacial score (nSPS) is 12.3. The maximum atomic E-state index is 13.3. The topological polar surface area (TPSA) is 37.4 Å². The lowest BCUT2D eigenvalue weighted by Crippen LogP contribution is -2.32. The Bertz CT molecular complexity index is 1180. The van der Waals surface area contributed by atoms with Gasteiger partial charge in [0.05, 0.1) is 10.5 Å². The van der Waals surface area contributed by atoms with Gasteiger partial charge < -0.3 is 0 Å². The van der Waals surface area contributed by atoms with E-state index in [-0.39, 0.29) is 24.4 Å². The van der Waals surface area contributed by atoms with Crippen LogP contribution in [0.25, 0.3) is 0 Å². The Morgan fingerprint density at radius 1 is 0.875 bits per heavy atom. The van der Waals surface area contributed by atoms with Crippen molar-refractivity contribution in [1.82, 2.24) is 4.31 Å². The molecule has 0 saturated carbocycles. The summed E-state index contributed by atoms with van der Waals surface area (Å²) in [4.78, 5) is -0.131. The van der Waals surface area contributed by atoms with Gasteiger partial charge in [-0.05, 0) is 66.1 Å². The standard InChI is InChI=1S/C22H17Cl2F4NO2S/c23-18-6-3-16(21(24)13-18)11-12-29(32(30,31)20-9-7-19(25)8-10-20)14-15-1-4-17(5-2-15)22(26,27)28/h1-10,13H,11-12,14H2. The van der Waals surface area contributed by atoms with E-state index in [0.29, 0.717) is 21.2 Å². The molecule has 0 aliphatic rings. The van der Waals surface area contributed by atoms with Gasteiger partial charge in [-0.2, -0.15) is 17.5 Å². The summed E-state index contributed by atoms with van der Waals surface area (Å²) in [5, 5.41) is 0.797. The van der Waals surface area contributed by atoms with Crippen molar-refractivity contribution < 1.29 is 26.0 Å². The zero-order valence-electron chi connectivity index (χ0n) is 16.4. The molecule has 3 aromatic carbocycles. The molecule has 10 heteroatoms. The summed E-state index contributed by atoms with van der Waals surface area (Å²) in [6, 6.07) is 13.4. The maximum absolute atomic E-state index is 13.3. The van der Waals surface area contributed by atoms with Crippen molar-refractivity contribution in [3.05, 3.63) is 99.3 Å². The van der Waals surface area contributed by atoms with E-state index < -0.39 is 27.6 Å². The smallest absolute Gasteiger partial charge is 0.207 e. The minimum Gasteiger partial charge on any atom is -0.207 e. The molecule has 0 heterocycles. The van der Waals surface area contributed by atoms with Gasteiger partial charge >= 0.3 is 6.18 Å². The second kappa shape index (κ2) is 9.79. The Balaban J connectivity index is 1.90. The number of hydrogen-bond acceptors (Lipinski definition) is 2. The van der Waals surface area contributed by atoms with Gasteiger partial charge in [0.25, 0.3) is 0 Å². The Labute approximate surface area is 193 Å². The molecular weight excluding hydrogens is 489 g/mol. The van der Waals surface area contributed by atoms with Gasteiger partial charge in [-0.15, -0.1) is 0 Å². The Kier molecular flexibility index (Phi) is 7.50.